The Hall–Kier alpha value is -2.36. The maximum absolute atomic E-state index is 9.19. The summed E-state index contributed by atoms with van der Waals surface area (Å²) in [5, 5.41) is 20.5. The third-order valence-electron chi connectivity index (χ3n) is 3.76. The number of hydrogen-bond donors (Lipinski definition) is 1. The molecule has 3 aromatic heterocycles. The van der Waals surface area contributed by atoms with Crippen molar-refractivity contribution < 1.29 is 9.84 Å². The lowest BCUT2D eigenvalue weighted by molar-refractivity contribution is 0.122. The zero-order chi connectivity index (χ0) is 16.4. The van der Waals surface area contributed by atoms with Crippen molar-refractivity contribution in [2.75, 3.05) is 31.2 Å². The fraction of sp³-hybridized carbons (Fsp3) is 0.333. The molecule has 0 aromatic carbocycles. The van der Waals surface area contributed by atoms with Crippen molar-refractivity contribution in [1.82, 2.24) is 25.0 Å². The minimum absolute atomic E-state index is 0.107. The number of morpholine rings is 1. The molecule has 1 aliphatic rings. The molecule has 0 aliphatic carbocycles. The lowest BCUT2D eigenvalue weighted by atomic mass is 10.3. The Kier molecular flexibility index (Phi) is 4.20. The van der Waals surface area contributed by atoms with Crippen LogP contribution in [0, 0.1) is 0 Å². The van der Waals surface area contributed by atoms with E-state index in [4.69, 9.17) is 4.74 Å². The van der Waals surface area contributed by atoms with Crippen LogP contribution in [-0.4, -0.2) is 56.4 Å². The van der Waals surface area contributed by atoms with E-state index in [1.165, 1.54) is 0 Å². The van der Waals surface area contributed by atoms with Crippen molar-refractivity contribution >= 4 is 16.5 Å². The first-order valence-electron chi connectivity index (χ1n) is 7.60. The van der Waals surface area contributed by atoms with E-state index >= 15 is 0 Å². The van der Waals surface area contributed by atoms with E-state index in [1.54, 1.807) is 28.3 Å². The topological polar surface area (TPSA) is 89.2 Å². The van der Waals surface area contributed by atoms with Gasteiger partial charge in [-0.3, -0.25) is 4.98 Å². The SMILES string of the molecule is OCc1cc(-n2cc(-c3csc(N4CCOCC4)n3)nn2)ccn1. The number of anilines is 1. The molecule has 24 heavy (non-hydrogen) atoms. The van der Waals surface area contributed by atoms with Crippen LogP contribution in [0.1, 0.15) is 5.69 Å². The van der Waals surface area contributed by atoms with Crippen LogP contribution in [0.25, 0.3) is 17.1 Å². The first kappa shape index (κ1) is 15.2. The number of aromatic nitrogens is 5. The molecule has 1 fully saturated rings. The Morgan fingerprint density at radius 3 is 2.96 bits per heavy atom. The zero-order valence-corrected chi connectivity index (χ0v) is 13.7. The molecule has 0 saturated carbocycles. The smallest absolute Gasteiger partial charge is 0.186 e. The van der Waals surface area contributed by atoms with Gasteiger partial charge in [0, 0.05) is 24.7 Å². The van der Waals surface area contributed by atoms with E-state index in [1.807, 2.05) is 17.6 Å². The Labute approximate surface area is 142 Å². The number of rotatable bonds is 4. The summed E-state index contributed by atoms with van der Waals surface area (Å²) in [6, 6.07) is 3.59. The molecular formula is C15H16N6O2S. The Bertz CT molecular complexity index is 827. The van der Waals surface area contributed by atoms with Crippen molar-refractivity contribution in [2.24, 2.45) is 0 Å². The summed E-state index contributed by atoms with van der Waals surface area (Å²) in [6.07, 6.45) is 3.47. The van der Waals surface area contributed by atoms with Crippen LogP contribution in [0.3, 0.4) is 0 Å². The fourth-order valence-electron chi connectivity index (χ4n) is 2.48. The first-order valence-corrected chi connectivity index (χ1v) is 8.48. The van der Waals surface area contributed by atoms with Gasteiger partial charge in [0.15, 0.2) is 5.13 Å². The van der Waals surface area contributed by atoms with Crippen molar-refractivity contribution in [1.29, 1.82) is 0 Å². The van der Waals surface area contributed by atoms with E-state index in [9.17, 15) is 5.11 Å². The van der Waals surface area contributed by atoms with Gasteiger partial charge < -0.3 is 14.7 Å². The molecule has 4 heterocycles. The average molecular weight is 344 g/mol. The number of aliphatic hydroxyl groups is 1. The largest absolute Gasteiger partial charge is 0.390 e. The van der Waals surface area contributed by atoms with Crippen LogP contribution < -0.4 is 4.90 Å². The lowest BCUT2D eigenvalue weighted by Gasteiger charge is -2.25. The molecule has 124 valence electrons. The number of ether oxygens (including phenoxy) is 1. The Morgan fingerprint density at radius 2 is 2.12 bits per heavy atom. The van der Waals surface area contributed by atoms with E-state index < -0.39 is 0 Å². The predicted molar refractivity (Wildman–Crippen MR) is 89.2 cm³/mol. The number of hydrogen-bond acceptors (Lipinski definition) is 8. The van der Waals surface area contributed by atoms with Gasteiger partial charge in [-0.25, -0.2) is 9.67 Å². The van der Waals surface area contributed by atoms with Crippen molar-refractivity contribution in [3.05, 3.63) is 35.6 Å². The molecule has 1 saturated heterocycles. The van der Waals surface area contributed by atoms with Crippen LogP contribution in [0.15, 0.2) is 29.9 Å². The van der Waals surface area contributed by atoms with Crippen LogP contribution in [0.4, 0.5) is 5.13 Å². The molecular weight excluding hydrogens is 328 g/mol. The second-order valence-corrected chi connectivity index (χ2v) is 6.16. The molecule has 0 bridgehead atoms. The first-order chi connectivity index (χ1) is 11.8. The molecule has 1 N–H and O–H groups in total. The van der Waals surface area contributed by atoms with Gasteiger partial charge in [-0.2, -0.15) is 0 Å². The normalized spacial score (nSPS) is 15.0. The van der Waals surface area contributed by atoms with Crippen LogP contribution in [0.5, 0.6) is 0 Å². The number of aliphatic hydroxyl groups excluding tert-OH is 1. The van der Waals surface area contributed by atoms with Gasteiger partial charge in [-0.15, -0.1) is 16.4 Å². The summed E-state index contributed by atoms with van der Waals surface area (Å²) in [5.74, 6) is 0. The quantitative estimate of drug-likeness (QED) is 0.758. The molecule has 3 aromatic rings. The van der Waals surface area contributed by atoms with Gasteiger partial charge in [0.2, 0.25) is 0 Å². The molecule has 0 amide bonds. The maximum atomic E-state index is 9.19. The number of thiazole rings is 1. The Morgan fingerprint density at radius 1 is 1.25 bits per heavy atom. The second-order valence-electron chi connectivity index (χ2n) is 5.33. The lowest BCUT2D eigenvalue weighted by Crippen LogP contribution is -2.36. The van der Waals surface area contributed by atoms with Crippen molar-refractivity contribution in [2.45, 2.75) is 6.61 Å². The molecule has 1 aliphatic heterocycles. The van der Waals surface area contributed by atoms with Gasteiger partial charge in [0.25, 0.3) is 0 Å². The zero-order valence-electron chi connectivity index (χ0n) is 12.9. The van der Waals surface area contributed by atoms with E-state index in [-0.39, 0.29) is 6.61 Å². The van der Waals surface area contributed by atoms with E-state index in [0.717, 1.165) is 42.8 Å². The van der Waals surface area contributed by atoms with Crippen LogP contribution in [-0.2, 0) is 11.3 Å². The standard InChI is InChI=1S/C15H16N6O2S/c22-9-11-7-12(1-2-16-11)21-8-13(18-19-21)14-10-24-15(17-14)20-3-5-23-6-4-20/h1-2,7-8,10,22H,3-6,9H2. The van der Waals surface area contributed by atoms with Crippen molar-refractivity contribution in [3.8, 4) is 17.1 Å². The molecule has 0 spiro atoms. The molecule has 9 heteroatoms. The predicted octanol–water partition coefficient (Wildman–Crippen LogP) is 1.11. The van der Waals surface area contributed by atoms with Gasteiger partial charge >= 0.3 is 0 Å². The fourth-order valence-corrected chi connectivity index (χ4v) is 3.36. The second kappa shape index (κ2) is 6.63. The molecule has 8 nitrogen and oxygen atoms in total. The average Bonchev–Trinajstić information content (AvgIpc) is 3.32. The maximum Gasteiger partial charge on any atom is 0.186 e. The van der Waals surface area contributed by atoms with Crippen LogP contribution >= 0.6 is 11.3 Å². The third-order valence-corrected chi connectivity index (χ3v) is 4.66. The third kappa shape index (κ3) is 3.01. The van der Waals surface area contributed by atoms with Gasteiger partial charge in [0.1, 0.15) is 11.4 Å². The van der Waals surface area contributed by atoms with E-state index in [0.29, 0.717) is 11.4 Å². The monoisotopic (exact) mass is 344 g/mol. The van der Waals surface area contributed by atoms with Gasteiger partial charge in [-0.1, -0.05) is 5.21 Å². The minimum atomic E-state index is -0.107. The highest BCUT2D eigenvalue weighted by molar-refractivity contribution is 7.14. The molecule has 0 unspecified atom stereocenters. The van der Waals surface area contributed by atoms with Gasteiger partial charge in [-0.05, 0) is 12.1 Å². The highest BCUT2D eigenvalue weighted by Gasteiger charge is 2.16. The summed E-state index contributed by atoms with van der Waals surface area (Å²) >= 11 is 1.60. The van der Waals surface area contributed by atoms with Crippen molar-refractivity contribution in [3.63, 3.8) is 0 Å². The van der Waals surface area contributed by atoms with Crippen LogP contribution in [0.2, 0.25) is 0 Å². The number of nitrogens with zero attached hydrogens (tertiary/aromatic N) is 6. The molecule has 4 rings (SSSR count). The Balaban J connectivity index is 1.57. The summed E-state index contributed by atoms with van der Waals surface area (Å²) in [5.41, 5.74) is 2.92. The highest BCUT2D eigenvalue weighted by atomic mass is 32.1. The number of pyridine rings is 1. The molecule has 0 radical (unpaired) electrons. The van der Waals surface area contributed by atoms with Gasteiger partial charge in [0.05, 0.1) is 37.4 Å². The summed E-state index contributed by atoms with van der Waals surface area (Å²) in [7, 11) is 0. The summed E-state index contributed by atoms with van der Waals surface area (Å²) in [6.45, 7) is 3.09. The minimum Gasteiger partial charge on any atom is -0.390 e. The van der Waals surface area contributed by atoms with E-state index in [2.05, 4.69) is 25.2 Å². The highest BCUT2D eigenvalue weighted by Crippen LogP contribution is 2.27. The summed E-state index contributed by atoms with van der Waals surface area (Å²) in [4.78, 5) is 11.0. The molecule has 0 atom stereocenters. The summed E-state index contributed by atoms with van der Waals surface area (Å²) < 4.78 is 7.03.